The molecule has 0 aliphatic rings. The number of hydrogen-bond acceptors (Lipinski definition) is 5. The normalized spacial score (nSPS) is 10.3. The molecular weight excluding hydrogens is 294 g/mol. The molecule has 6 heteroatoms. The Hall–Kier alpha value is -3.15. The van der Waals surface area contributed by atoms with Crippen molar-refractivity contribution in [3.63, 3.8) is 0 Å². The molecule has 0 unspecified atom stereocenters. The van der Waals surface area contributed by atoms with E-state index in [-0.39, 0.29) is 5.91 Å². The van der Waals surface area contributed by atoms with Crippen LogP contribution in [0.4, 0.5) is 5.82 Å². The summed E-state index contributed by atoms with van der Waals surface area (Å²) in [4.78, 5) is 20.9. The van der Waals surface area contributed by atoms with Gasteiger partial charge in [0.1, 0.15) is 11.6 Å². The van der Waals surface area contributed by atoms with E-state index in [1.165, 1.54) is 0 Å². The fourth-order valence-electron chi connectivity index (χ4n) is 2.12. The number of carbonyl (C=O) groups excluding carboxylic acids is 1. The summed E-state index contributed by atoms with van der Waals surface area (Å²) >= 11 is 0. The SMILES string of the molecule is COc1cccc(C(=O)Nc2ccc3ccc(OC)nc3n2)c1. The summed E-state index contributed by atoms with van der Waals surface area (Å²) < 4.78 is 10.2. The first-order valence-electron chi connectivity index (χ1n) is 6.97. The zero-order chi connectivity index (χ0) is 16.2. The molecule has 0 spiro atoms. The lowest BCUT2D eigenvalue weighted by atomic mass is 10.2. The number of fused-ring (bicyclic) bond motifs is 1. The summed E-state index contributed by atoms with van der Waals surface area (Å²) in [6, 6.07) is 14.1. The molecule has 0 aliphatic heterocycles. The third kappa shape index (κ3) is 3.21. The minimum absolute atomic E-state index is 0.265. The van der Waals surface area contributed by atoms with Crippen molar-refractivity contribution in [3.8, 4) is 11.6 Å². The van der Waals surface area contributed by atoms with Gasteiger partial charge in [-0.25, -0.2) is 4.98 Å². The summed E-state index contributed by atoms with van der Waals surface area (Å²) in [5.74, 6) is 1.25. The Morgan fingerprint density at radius 2 is 1.83 bits per heavy atom. The number of nitrogens with zero attached hydrogens (tertiary/aromatic N) is 2. The van der Waals surface area contributed by atoms with E-state index < -0.39 is 0 Å². The van der Waals surface area contributed by atoms with Crippen molar-refractivity contribution in [2.24, 2.45) is 0 Å². The number of aromatic nitrogens is 2. The number of anilines is 1. The van der Waals surface area contributed by atoms with E-state index in [0.717, 1.165) is 5.39 Å². The Labute approximate surface area is 133 Å². The smallest absolute Gasteiger partial charge is 0.256 e. The van der Waals surface area contributed by atoms with Crippen molar-refractivity contribution in [2.75, 3.05) is 19.5 Å². The number of pyridine rings is 2. The number of rotatable bonds is 4. The maximum absolute atomic E-state index is 12.3. The third-order valence-electron chi connectivity index (χ3n) is 3.31. The molecule has 6 nitrogen and oxygen atoms in total. The lowest BCUT2D eigenvalue weighted by molar-refractivity contribution is 0.102. The lowest BCUT2D eigenvalue weighted by Gasteiger charge is -2.07. The van der Waals surface area contributed by atoms with Gasteiger partial charge in [-0.15, -0.1) is 0 Å². The van der Waals surface area contributed by atoms with E-state index in [2.05, 4.69) is 15.3 Å². The Morgan fingerprint density at radius 1 is 1.00 bits per heavy atom. The maximum Gasteiger partial charge on any atom is 0.256 e. The molecule has 2 heterocycles. The number of ether oxygens (including phenoxy) is 2. The molecule has 116 valence electrons. The molecule has 2 aromatic heterocycles. The van der Waals surface area contributed by atoms with Gasteiger partial charge in [0.05, 0.1) is 14.2 Å². The van der Waals surface area contributed by atoms with Crippen molar-refractivity contribution >= 4 is 22.8 Å². The van der Waals surface area contributed by atoms with Crippen LogP contribution in [0.2, 0.25) is 0 Å². The molecule has 0 saturated carbocycles. The zero-order valence-electron chi connectivity index (χ0n) is 12.7. The second kappa shape index (κ2) is 6.31. The van der Waals surface area contributed by atoms with Crippen molar-refractivity contribution in [2.45, 2.75) is 0 Å². The topological polar surface area (TPSA) is 73.3 Å². The highest BCUT2D eigenvalue weighted by molar-refractivity contribution is 6.04. The van der Waals surface area contributed by atoms with Crippen LogP contribution in [0.1, 0.15) is 10.4 Å². The Balaban J connectivity index is 1.86. The van der Waals surface area contributed by atoms with Crippen molar-refractivity contribution in [1.29, 1.82) is 0 Å². The predicted octanol–water partition coefficient (Wildman–Crippen LogP) is 2.90. The minimum atomic E-state index is -0.265. The highest BCUT2D eigenvalue weighted by Gasteiger charge is 2.09. The summed E-state index contributed by atoms with van der Waals surface area (Å²) in [7, 11) is 3.10. The van der Waals surface area contributed by atoms with Crippen LogP contribution in [0.25, 0.3) is 11.0 Å². The first-order valence-corrected chi connectivity index (χ1v) is 6.97. The third-order valence-corrected chi connectivity index (χ3v) is 3.31. The summed E-state index contributed by atoms with van der Waals surface area (Å²) in [5, 5.41) is 3.62. The number of methoxy groups -OCH3 is 2. The van der Waals surface area contributed by atoms with Crippen LogP contribution in [-0.4, -0.2) is 30.1 Å². The number of hydrogen-bond donors (Lipinski definition) is 1. The summed E-state index contributed by atoms with van der Waals surface area (Å²) in [6.45, 7) is 0. The maximum atomic E-state index is 12.3. The largest absolute Gasteiger partial charge is 0.497 e. The van der Waals surface area contributed by atoms with Gasteiger partial charge in [-0.05, 0) is 36.4 Å². The number of benzene rings is 1. The molecule has 1 aromatic carbocycles. The van der Waals surface area contributed by atoms with Gasteiger partial charge in [0.25, 0.3) is 5.91 Å². The van der Waals surface area contributed by atoms with Crippen molar-refractivity contribution < 1.29 is 14.3 Å². The van der Waals surface area contributed by atoms with Gasteiger partial charge in [0.2, 0.25) is 5.88 Å². The molecule has 0 radical (unpaired) electrons. The molecule has 0 aliphatic carbocycles. The number of carbonyl (C=O) groups is 1. The molecule has 0 atom stereocenters. The summed E-state index contributed by atoms with van der Waals surface area (Å²) in [6.07, 6.45) is 0. The van der Waals surface area contributed by atoms with Crippen molar-refractivity contribution in [3.05, 3.63) is 54.1 Å². The summed E-state index contributed by atoms with van der Waals surface area (Å²) in [5.41, 5.74) is 0.998. The first kappa shape index (κ1) is 14.8. The molecule has 1 N–H and O–H groups in total. The fraction of sp³-hybridized carbons (Fsp3) is 0.118. The van der Waals surface area contributed by atoms with Crippen LogP contribution in [0, 0.1) is 0 Å². The average Bonchev–Trinajstić information content (AvgIpc) is 2.61. The molecule has 0 saturated heterocycles. The van der Waals surface area contributed by atoms with Gasteiger partial charge in [-0.3, -0.25) is 4.79 Å². The Bertz CT molecular complexity index is 865. The predicted molar refractivity (Wildman–Crippen MR) is 87.0 cm³/mol. The fourth-order valence-corrected chi connectivity index (χ4v) is 2.12. The van der Waals surface area contributed by atoms with Gasteiger partial charge in [-0.2, -0.15) is 4.98 Å². The second-order valence-corrected chi connectivity index (χ2v) is 4.78. The van der Waals surface area contributed by atoms with E-state index >= 15 is 0 Å². The molecule has 3 aromatic rings. The van der Waals surface area contributed by atoms with E-state index in [0.29, 0.717) is 28.7 Å². The average molecular weight is 309 g/mol. The Kier molecular flexibility index (Phi) is 4.05. The molecule has 0 fully saturated rings. The van der Waals surface area contributed by atoms with Gasteiger partial charge >= 0.3 is 0 Å². The van der Waals surface area contributed by atoms with Gasteiger partial charge in [0, 0.05) is 17.0 Å². The monoisotopic (exact) mass is 309 g/mol. The Morgan fingerprint density at radius 3 is 2.61 bits per heavy atom. The van der Waals surface area contributed by atoms with Crippen LogP contribution in [-0.2, 0) is 0 Å². The quantitative estimate of drug-likeness (QED) is 0.802. The van der Waals surface area contributed by atoms with Gasteiger partial charge in [0.15, 0.2) is 5.65 Å². The molecule has 3 rings (SSSR count). The van der Waals surface area contributed by atoms with E-state index in [1.54, 1.807) is 50.6 Å². The number of amides is 1. The highest BCUT2D eigenvalue weighted by atomic mass is 16.5. The lowest BCUT2D eigenvalue weighted by Crippen LogP contribution is -2.13. The van der Waals surface area contributed by atoms with Crippen LogP contribution < -0.4 is 14.8 Å². The van der Waals surface area contributed by atoms with E-state index in [1.807, 2.05) is 12.1 Å². The molecule has 1 amide bonds. The second-order valence-electron chi connectivity index (χ2n) is 4.78. The van der Waals surface area contributed by atoms with E-state index in [4.69, 9.17) is 9.47 Å². The highest BCUT2D eigenvalue weighted by Crippen LogP contribution is 2.18. The van der Waals surface area contributed by atoms with Crippen LogP contribution in [0.15, 0.2) is 48.5 Å². The standard InChI is InChI=1S/C17H15N3O3/c1-22-13-5-3-4-12(10-13)17(21)19-14-8-6-11-7-9-15(23-2)20-16(11)18-14/h3-10H,1-2H3,(H,18,19,20,21). The van der Waals surface area contributed by atoms with Crippen LogP contribution >= 0.6 is 0 Å². The molecular formula is C17H15N3O3. The van der Waals surface area contributed by atoms with Crippen LogP contribution in [0.5, 0.6) is 11.6 Å². The molecule has 0 bridgehead atoms. The first-order chi connectivity index (χ1) is 11.2. The molecule has 23 heavy (non-hydrogen) atoms. The number of nitrogens with one attached hydrogen (secondary N) is 1. The van der Waals surface area contributed by atoms with Crippen molar-refractivity contribution in [1.82, 2.24) is 9.97 Å². The van der Waals surface area contributed by atoms with E-state index in [9.17, 15) is 4.79 Å². The van der Waals surface area contributed by atoms with Gasteiger partial charge < -0.3 is 14.8 Å². The van der Waals surface area contributed by atoms with Crippen LogP contribution in [0.3, 0.4) is 0 Å². The van der Waals surface area contributed by atoms with Gasteiger partial charge in [-0.1, -0.05) is 6.07 Å². The zero-order valence-corrected chi connectivity index (χ0v) is 12.7. The minimum Gasteiger partial charge on any atom is -0.497 e.